The van der Waals surface area contributed by atoms with Gasteiger partial charge in [0.1, 0.15) is 0 Å². The third-order valence-corrected chi connectivity index (χ3v) is 2.91. The van der Waals surface area contributed by atoms with Crippen molar-refractivity contribution >= 4 is 11.8 Å². The summed E-state index contributed by atoms with van der Waals surface area (Å²) in [4.78, 5) is 24.3. The van der Waals surface area contributed by atoms with Crippen molar-refractivity contribution in [1.82, 2.24) is 10.2 Å². The maximum atomic E-state index is 11.4. The average Bonchev–Trinajstić information content (AvgIpc) is 2.41. The molecule has 0 aliphatic carbocycles. The lowest BCUT2D eigenvalue weighted by Crippen LogP contribution is -2.48. The number of carbonyl (C=O) groups is 2. The summed E-state index contributed by atoms with van der Waals surface area (Å²) >= 11 is 0. The standard InChI is InChI=1S/C11H20N2O2/c1-11(2,3)8(12-4)7-13-9(14)5-6-10(13)15/h8,12H,5-7H2,1-4H3. The lowest BCUT2D eigenvalue weighted by Gasteiger charge is -2.32. The maximum absolute atomic E-state index is 11.4. The van der Waals surface area contributed by atoms with Gasteiger partial charge in [-0.2, -0.15) is 0 Å². The highest BCUT2D eigenvalue weighted by molar-refractivity contribution is 6.01. The summed E-state index contributed by atoms with van der Waals surface area (Å²) in [5.74, 6) is -0.0750. The van der Waals surface area contributed by atoms with Gasteiger partial charge in [0, 0.05) is 25.4 Å². The number of amides is 2. The molecule has 1 aliphatic heterocycles. The molecule has 1 atom stereocenters. The van der Waals surface area contributed by atoms with Crippen LogP contribution in [0.4, 0.5) is 0 Å². The molecule has 0 aromatic heterocycles. The average molecular weight is 212 g/mol. The van der Waals surface area contributed by atoms with Crippen molar-refractivity contribution in [2.24, 2.45) is 5.41 Å². The first-order valence-corrected chi connectivity index (χ1v) is 5.36. The molecule has 0 saturated carbocycles. The highest BCUT2D eigenvalue weighted by Gasteiger charge is 2.33. The van der Waals surface area contributed by atoms with E-state index in [0.717, 1.165) is 0 Å². The predicted molar refractivity (Wildman–Crippen MR) is 58.3 cm³/mol. The van der Waals surface area contributed by atoms with Gasteiger partial charge in [0.2, 0.25) is 11.8 Å². The number of carbonyl (C=O) groups excluding carboxylic acids is 2. The van der Waals surface area contributed by atoms with E-state index in [4.69, 9.17) is 0 Å². The third-order valence-electron chi connectivity index (χ3n) is 2.91. The number of nitrogens with zero attached hydrogens (tertiary/aromatic N) is 1. The fourth-order valence-corrected chi connectivity index (χ4v) is 1.81. The zero-order chi connectivity index (χ0) is 11.6. The topological polar surface area (TPSA) is 49.4 Å². The van der Waals surface area contributed by atoms with Gasteiger partial charge < -0.3 is 5.32 Å². The molecule has 0 aromatic carbocycles. The quantitative estimate of drug-likeness (QED) is 0.703. The molecule has 1 saturated heterocycles. The largest absolute Gasteiger partial charge is 0.315 e. The third kappa shape index (κ3) is 2.78. The molecule has 1 unspecified atom stereocenters. The number of rotatable bonds is 3. The Balaban J connectivity index is 2.67. The molecule has 4 nitrogen and oxygen atoms in total. The van der Waals surface area contributed by atoms with Crippen LogP contribution in [0.5, 0.6) is 0 Å². The van der Waals surface area contributed by atoms with Crippen LogP contribution in [0.3, 0.4) is 0 Å². The molecule has 0 bridgehead atoms. The van der Waals surface area contributed by atoms with E-state index in [2.05, 4.69) is 26.1 Å². The Bertz CT molecular complexity index is 252. The fraction of sp³-hybridized carbons (Fsp3) is 0.818. The van der Waals surface area contributed by atoms with Gasteiger partial charge in [-0.25, -0.2) is 0 Å². The second-order valence-electron chi connectivity index (χ2n) is 5.11. The van der Waals surface area contributed by atoms with Gasteiger partial charge in [-0.1, -0.05) is 20.8 Å². The lowest BCUT2D eigenvalue weighted by molar-refractivity contribution is -0.139. The van der Waals surface area contributed by atoms with Crippen LogP contribution in [0.25, 0.3) is 0 Å². The molecule has 86 valence electrons. The highest BCUT2D eigenvalue weighted by atomic mass is 16.2. The van der Waals surface area contributed by atoms with Crippen LogP contribution in [0, 0.1) is 5.41 Å². The van der Waals surface area contributed by atoms with Crippen LogP contribution in [0.1, 0.15) is 33.6 Å². The molecular weight excluding hydrogens is 192 g/mol. The molecule has 2 amide bonds. The Hall–Kier alpha value is -0.900. The smallest absolute Gasteiger partial charge is 0.229 e. The van der Waals surface area contributed by atoms with E-state index in [-0.39, 0.29) is 23.3 Å². The van der Waals surface area contributed by atoms with E-state index >= 15 is 0 Å². The van der Waals surface area contributed by atoms with Gasteiger partial charge in [0.15, 0.2) is 0 Å². The minimum atomic E-state index is -0.0375. The van der Waals surface area contributed by atoms with E-state index in [1.165, 1.54) is 4.90 Å². The van der Waals surface area contributed by atoms with Crippen molar-refractivity contribution in [1.29, 1.82) is 0 Å². The Morgan fingerprint density at radius 1 is 1.27 bits per heavy atom. The number of imide groups is 1. The van der Waals surface area contributed by atoms with Gasteiger partial charge >= 0.3 is 0 Å². The van der Waals surface area contributed by atoms with Gasteiger partial charge in [0.25, 0.3) is 0 Å². The lowest BCUT2D eigenvalue weighted by atomic mass is 9.86. The molecular formula is C11H20N2O2. The first-order valence-electron chi connectivity index (χ1n) is 5.36. The summed E-state index contributed by atoms with van der Waals surface area (Å²) in [6, 6.07) is 0.142. The number of hydrogen-bond acceptors (Lipinski definition) is 3. The monoisotopic (exact) mass is 212 g/mol. The van der Waals surface area contributed by atoms with Crippen LogP contribution in [-0.4, -0.2) is 36.3 Å². The summed E-state index contributed by atoms with van der Waals surface area (Å²) in [5, 5.41) is 3.16. The maximum Gasteiger partial charge on any atom is 0.229 e. The molecule has 4 heteroatoms. The molecule has 15 heavy (non-hydrogen) atoms. The van der Waals surface area contributed by atoms with Gasteiger partial charge in [-0.05, 0) is 12.5 Å². The van der Waals surface area contributed by atoms with Crippen LogP contribution in [0.15, 0.2) is 0 Å². The van der Waals surface area contributed by atoms with Crippen LogP contribution < -0.4 is 5.32 Å². The molecule has 1 heterocycles. The van der Waals surface area contributed by atoms with Crippen molar-refractivity contribution in [3.8, 4) is 0 Å². The Morgan fingerprint density at radius 3 is 2.07 bits per heavy atom. The van der Waals surface area contributed by atoms with E-state index < -0.39 is 0 Å². The number of hydrogen-bond donors (Lipinski definition) is 1. The fourth-order valence-electron chi connectivity index (χ4n) is 1.81. The highest BCUT2D eigenvalue weighted by Crippen LogP contribution is 2.22. The Labute approximate surface area is 91.0 Å². The van der Waals surface area contributed by atoms with Gasteiger partial charge in [-0.3, -0.25) is 14.5 Å². The van der Waals surface area contributed by atoms with Gasteiger partial charge in [0.05, 0.1) is 0 Å². The van der Waals surface area contributed by atoms with Gasteiger partial charge in [-0.15, -0.1) is 0 Å². The molecule has 0 aromatic rings. The zero-order valence-corrected chi connectivity index (χ0v) is 9.96. The normalized spacial score (nSPS) is 19.9. The summed E-state index contributed by atoms with van der Waals surface area (Å²) in [7, 11) is 1.86. The first kappa shape index (κ1) is 12.2. The second kappa shape index (κ2) is 4.31. The summed E-state index contributed by atoms with van der Waals surface area (Å²) in [6.07, 6.45) is 0.749. The number of nitrogens with one attached hydrogen (secondary N) is 1. The Morgan fingerprint density at radius 2 is 1.73 bits per heavy atom. The van der Waals surface area contributed by atoms with Crippen molar-refractivity contribution in [2.75, 3.05) is 13.6 Å². The number of likely N-dealkylation sites (N-methyl/N-ethyl adjacent to an activating group) is 1. The Kier molecular flexibility index (Phi) is 3.50. The van der Waals surface area contributed by atoms with E-state index in [1.54, 1.807) is 0 Å². The van der Waals surface area contributed by atoms with Crippen LogP contribution in [0.2, 0.25) is 0 Å². The van der Waals surface area contributed by atoms with Crippen molar-refractivity contribution in [2.45, 2.75) is 39.7 Å². The van der Waals surface area contributed by atoms with E-state index in [0.29, 0.717) is 19.4 Å². The van der Waals surface area contributed by atoms with E-state index in [1.807, 2.05) is 7.05 Å². The molecule has 1 aliphatic rings. The second-order valence-corrected chi connectivity index (χ2v) is 5.11. The molecule has 0 radical (unpaired) electrons. The SMILES string of the molecule is CNC(CN1C(=O)CCC1=O)C(C)(C)C. The van der Waals surface area contributed by atoms with Crippen molar-refractivity contribution in [3.63, 3.8) is 0 Å². The first-order chi connectivity index (χ1) is 6.86. The summed E-state index contributed by atoms with van der Waals surface area (Å²) < 4.78 is 0. The molecule has 0 spiro atoms. The van der Waals surface area contributed by atoms with Crippen molar-refractivity contribution in [3.05, 3.63) is 0 Å². The number of likely N-dealkylation sites (tertiary alicyclic amines) is 1. The van der Waals surface area contributed by atoms with E-state index in [9.17, 15) is 9.59 Å². The molecule has 1 N–H and O–H groups in total. The minimum absolute atomic E-state index is 0.0375. The zero-order valence-electron chi connectivity index (χ0n) is 9.96. The molecule has 1 rings (SSSR count). The van der Waals surface area contributed by atoms with Crippen LogP contribution in [-0.2, 0) is 9.59 Å². The van der Waals surface area contributed by atoms with Crippen LogP contribution >= 0.6 is 0 Å². The summed E-state index contributed by atoms with van der Waals surface area (Å²) in [5.41, 5.74) is 0.0396. The minimum Gasteiger partial charge on any atom is -0.315 e. The predicted octanol–water partition coefficient (Wildman–Crippen LogP) is 0.769. The summed E-state index contributed by atoms with van der Waals surface area (Å²) in [6.45, 7) is 6.77. The molecule has 1 fully saturated rings. The van der Waals surface area contributed by atoms with Crippen molar-refractivity contribution < 1.29 is 9.59 Å².